The summed E-state index contributed by atoms with van der Waals surface area (Å²) in [6.45, 7) is 0. The van der Waals surface area contributed by atoms with Gasteiger partial charge in [-0.15, -0.1) is 11.3 Å². The molecule has 0 unspecified atom stereocenters. The third kappa shape index (κ3) is 4.77. The number of hydrogen-bond acceptors (Lipinski definition) is 6. The molecule has 0 aliphatic carbocycles. The summed E-state index contributed by atoms with van der Waals surface area (Å²) in [6, 6.07) is 9.82. The number of thiophene rings is 1. The molecule has 0 spiro atoms. The summed E-state index contributed by atoms with van der Waals surface area (Å²) in [5.74, 6) is -0.620. The number of esters is 1. The van der Waals surface area contributed by atoms with Crippen LogP contribution in [-0.4, -0.2) is 21.0 Å². The molecule has 0 radical (unpaired) electrons. The molecule has 3 aromatic rings. The van der Waals surface area contributed by atoms with E-state index in [1.54, 1.807) is 36.4 Å². The lowest BCUT2D eigenvalue weighted by atomic mass is 10.3. The molecule has 0 aliphatic rings. The van der Waals surface area contributed by atoms with Crippen molar-refractivity contribution in [2.45, 2.75) is 0 Å². The van der Waals surface area contributed by atoms with Crippen LogP contribution in [0, 0.1) is 0 Å². The zero-order valence-corrected chi connectivity index (χ0v) is 16.4. The van der Waals surface area contributed by atoms with Gasteiger partial charge >= 0.3 is 11.7 Å². The first-order valence-electron chi connectivity index (χ1n) is 8.46. The molecular weight excluding hydrogens is 394 g/mol. The zero-order chi connectivity index (χ0) is 21.0. The fourth-order valence-electron chi connectivity index (χ4n) is 2.47. The molecule has 3 rings (SSSR count). The van der Waals surface area contributed by atoms with Gasteiger partial charge in [-0.05, 0) is 41.8 Å². The van der Waals surface area contributed by atoms with Crippen LogP contribution in [0.15, 0.2) is 63.6 Å². The summed E-state index contributed by atoms with van der Waals surface area (Å²) in [4.78, 5) is 48.3. The van der Waals surface area contributed by atoms with Crippen molar-refractivity contribution in [3.8, 4) is 5.75 Å². The minimum absolute atomic E-state index is 0.179. The summed E-state index contributed by atoms with van der Waals surface area (Å²) in [6.07, 6.45) is 3.74. The van der Waals surface area contributed by atoms with Crippen molar-refractivity contribution in [2.75, 3.05) is 5.32 Å². The molecule has 0 bridgehead atoms. The summed E-state index contributed by atoms with van der Waals surface area (Å²) < 4.78 is 7.38. The predicted molar refractivity (Wildman–Crippen MR) is 110 cm³/mol. The number of ether oxygens (including phenoxy) is 1. The second kappa shape index (κ2) is 8.53. The van der Waals surface area contributed by atoms with E-state index < -0.39 is 17.2 Å². The van der Waals surface area contributed by atoms with Crippen molar-refractivity contribution in [1.29, 1.82) is 0 Å². The molecule has 0 aliphatic heterocycles. The number of benzene rings is 1. The van der Waals surface area contributed by atoms with Gasteiger partial charge in [-0.3, -0.25) is 14.2 Å². The first-order chi connectivity index (χ1) is 13.8. The van der Waals surface area contributed by atoms with Crippen LogP contribution in [0.2, 0.25) is 0 Å². The monoisotopic (exact) mass is 411 g/mol. The lowest BCUT2D eigenvalue weighted by Crippen LogP contribution is -2.37. The van der Waals surface area contributed by atoms with Gasteiger partial charge in [-0.25, -0.2) is 9.59 Å². The van der Waals surface area contributed by atoms with Crippen LogP contribution in [0.5, 0.6) is 5.75 Å². The molecule has 9 heteroatoms. The van der Waals surface area contributed by atoms with E-state index in [9.17, 15) is 19.2 Å². The summed E-state index contributed by atoms with van der Waals surface area (Å²) in [5, 5.41) is 4.56. The van der Waals surface area contributed by atoms with Crippen LogP contribution in [0.3, 0.4) is 0 Å². The third-order valence-corrected chi connectivity index (χ3v) is 4.82. The molecule has 1 amide bonds. The molecule has 8 nitrogen and oxygen atoms in total. The van der Waals surface area contributed by atoms with Crippen molar-refractivity contribution in [3.05, 3.63) is 85.3 Å². The van der Waals surface area contributed by atoms with E-state index >= 15 is 0 Å². The number of aryl methyl sites for hydroxylation is 1. The Hall–Kier alpha value is -3.72. The van der Waals surface area contributed by atoms with E-state index in [0.717, 1.165) is 10.6 Å². The van der Waals surface area contributed by atoms with Crippen LogP contribution in [0.25, 0.3) is 6.08 Å². The van der Waals surface area contributed by atoms with E-state index in [0.29, 0.717) is 10.6 Å². The van der Waals surface area contributed by atoms with Crippen LogP contribution in [0.1, 0.15) is 15.2 Å². The van der Waals surface area contributed by atoms with Crippen molar-refractivity contribution in [2.24, 2.45) is 14.1 Å². The van der Waals surface area contributed by atoms with Crippen LogP contribution in [-0.2, 0) is 18.9 Å². The van der Waals surface area contributed by atoms with Gasteiger partial charge in [0.2, 0.25) is 0 Å². The standard InChI is InChI=1S/C20H17N3O5S/c1-22-12-13(19(26)23(2)20(22)27)5-10-17(24)28-15-8-6-14(7-9-15)21-18(25)16-4-3-11-29-16/h3-12H,1-2H3,(H,21,25)/b10-5+. The number of aromatic nitrogens is 2. The molecule has 0 saturated heterocycles. The number of carbonyl (C=O) groups excluding carboxylic acids is 2. The molecule has 1 N–H and O–H groups in total. The smallest absolute Gasteiger partial charge is 0.336 e. The van der Waals surface area contributed by atoms with Gasteiger partial charge in [0.25, 0.3) is 11.5 Å². The highest BCUT2D eigenvalue weighted by Gasteiger charge is 2.08. The van der Waals surface area contributed by atoms with Crippen molar-refractivity contribution in [3.63, 3.8) is 0 Å². The molecule has 0 saturated carbocycles. The van der Waals surface area contributed by atoms with Crippen LogP contribution >= 0.6 is 11.3 Å². The van der Waals surface area contributed by atoms with Gasteiger partial charge in [0, 0.05) is 32.1 Å². The number of anilines is 1. The highest BCUT2D eigenvalue weighted by molar-refractivity contribution is 7.12. The minimum atomic E-state index is -0.684. The predicted octanol–water partition coefficient (Wildman–Crippen LogP) is 2.02. The maximum Gasteiger partial charge on any atom is 0.336 e. The molecule has 29 heavy (non-hydrogen) atoms. The fraction of sp³-hybridized carbons (Fsp3) is 0.100. The molecular formula is C20H17N3O5S. The maximum absolute atomic E-state index is 12.0. The molecule has 2 aromatic heterocycles. The third-order valence-electron chi connectivity index (χ3n) is 3.95. The first-order valence-corrected chi connectivity index (χ1v) is 9.34. The number of nitrogens with zero attached hydrogens (tertiary/aromatic N) is 2. The Morgan fingerprint density at radius 1 is 1.10 bits per heavy atom. The number of carbonyl (C=O) groups is 2. The van der Waals surface area contributed by atoms with Crippen LogP contribution < -0.4 is 21.3 Å². The Bertz CT molecular complexity index is 1190. The number of amides is 1. The minimum Gasteiger partial charge on any atom is -0.423 e. The molecule has 1 aromatic carbocycles. The number of hydrogen-bond donors (Lipinski definition) is 1. The molecule has 0 atom stereocenters. The van der Waals surface area contributed by atoms with Crippen molar-refractivity contribution < 1.29 is 14.3 Å². The maximum atomic E-state index is 12.0. The van der Waals surface area contributed by atoms with Gasteiger partial charge in [0.15, 0.2) is 0 Å². The highest BCUT2D eigenvalue weighted by atomic mass is 32.1. The van der Waals surface area contributed by atoms with Gasteiger partial charge in [0.05, 0.1) is 10.4 Å². The van der Waals surface area contributed by atoms with Gasteiger partial charge in [-0.1, -0.05) is 6.07 Å². The average Bonchev–Trinajstić information content (AvgIpc) is 3.24. The Balaban J connectivity index is 1.64. The molecule has 0 fully saturated rings. The second-order valence-corrected chi connectivity index (χ2v) is 7.00. The van der Waals surface area contributed by atoms with E-state index in [4.69, 9.17) is 4.74 Å². The van der Waals surface area contributed by atoms with E-state index in [-0.39, 0.29) is 17.2 Å². The lowest BCUT2D eigenvalue weighted by molar-refractivity contribution is -0.128. The molecule has 148 valence electrons. The summed E-state index contributed by atoms with van der Waals surface area (Å²) in [7, 11) is 2.87. The second-order valence-electron chi connectivity index (χ2n) is 6.05. The Morgan fingerprint density at radius 2 is 1.83 bits per heavy atom. The summed E-state index contributed by atoms with van der Waals surface area (Å²) in [5.41, 5.74) is -0.227. The fourth-order valence-corrected chi connectivity index (χ4v) is 3.08. The largest absolute Gasteiger partial charge is 0.423 e. The SMILES string of the molecule is Cn1cc(/C=C/C(=O)Oc2ccc(NC(=O)c3cccs3)cc2)c(=O)n(C)c1=O. The normalized spacial score (nSPS) is 10.8. The van der Waals surface area contributed by atoms with E-state index in [1.807, 2.05) is 5.38 Å². The van der Waals surface area contributed by atoms with E-state index in [1.165, 1.54) is 42.3 Å². The van der Waals surface area contributed by atoms with Gasteiger partial charge in [-0.2, -0.15) is 0 Å². The number of nitrogens with one attached hydrogen (secondary N) is 1. The van der Waals surface area contributed by atoms with Gasteiger partial charge in [0.1, 0.15) is 5.75 Å². The first kappa shape index (κ1) is 20.0. The number of rotatable bonds is 5. The highest BCUT2D eigenvalue weighted by Crippen LogP contribution is 2.18. The Kier molecular flexibility index (Phi) is 5.89. The topological polar surface area (TPSA) is 99.4 Å². The van der Waals surface area contributed by atoms with Crippen molar-refractivity contribution in [1.82, 2.24) is 9.13 Å². The Labute approximate surface area is 169 Å². The quantitative estimate of drug-likeness (QED) is 0.393. The van der Waals surface area contributed by atoms with Crippen LogP contribution in [0.4, 0.5) is 5.69 Å². The lowest BCUT2D eigenvalue weighted by Gasteiger charge is -2.06. The average molecular weight is 411 g/mol. The van der Waals surface area contributed by atoms with Gasteiger partial charge < -0.3 is 14.6 Å². The van der Waals surface area contributed by atoms with Crippen molar-refractivity contribution >= 4 is 35.0 Å². The summed E-state index contributed by atoms with van der Waals surface area (Å²) >= 11 is 1.34. The molecule has 2 heterocycles. The Morgan fingerprint density at radius 3 is 2.48 bits per heavy atom. The van der Waals surface area contributed by atoms with E-state index in [2.05, 4.69) is 5.32 Å². The zero-order valence-electron chi connectivity index (χ0n) is 15.6.